The summed E-state index contributed by atoms with van der Waals surface area (Å²) in [5.41, 5.74) is 3.12. The number of amides is 1. The molecule has 6 nitrogen and oxygen atoms in total. The highest BCUT2D eigenvalue weighted by Gasteiger charge is 2.32. The summed E-state index contributed by atoms with van der Waals surface area (Å²) < 4.78 is 1.76. The lowest BCUT2D eigenvalue weighted by atomic mass is 9.75. The molecule has 0 unspecified atom stereocenters. The van der Waals surface area contributed by atoms with E-state index in [1.165, 1.54) is 38.4 Å². The molecule has 1 aliphatic carbocycles. The van der Waals surface area contributed by atoms with Crippen molar-refractivity contribution in [3.8, 4) is 0 Å². The second kappa shape index (κ2) is 6.73. The highest BCUT2D eigenvalue weighted by Crippen LogP contribution is 2.36. The van der Waals surface area contributed by atoms with Crippen LogP contribution in [-0.2, 0) is 11.2 Å². The molecule has 2 aromatic heterocycles. The average molecular weight is 341 g/mol. The number of likely N-dealkylation sites (tertiary alicyclic amines) is 1. The van der Waals surface area contributed by atoms with E-state index < -0.39 is 0 Å². The number of hydrogen-bond acceptors (Lipinski definition) is 4. The first-order valence-corrected chi connectivity index (χ1v) is 9.57. The minimum absolute atomic E-state index is 0.293. The second-order valence-corrected chi connectivity index (χ2v) is 7.67. The fourth-order valence-corrected chi connectivity index (χ4v) is 4.73. The Morgan fingerprint density at radius 3 is 2.84 bits per heavy atom. The fraction of sp³-hybridized carbons (Fsp3) is 0.684. The third-order valence-corrected chi connectivity index (χ3v) is 6.22. The summed E-state index contributed by atoms with van der Waals surface area (Å²) in [6, 6.07) is 0. The van der Waals surface area contributed by atoms with Gasteiger partial charge in [-0.05, 0) is 50.5 Å². The van der Waals surface area contributed by atoms with E-state index in [0.717, 1.165) is 48.3 Å². The molecule has 3 heterocycles. The van der Waals surface area contributed by atoms with Crippen LogP contribution in [0.4, 0.5) is 0 Å². The maximum atomic E-state index is 12.8. The smallest absolute Gasteiger partial charge is 0.252 e. The maximum Gasteiger partial charge on any atom is 0.252 e. The van der Waals surface area contributed by atoms with E-state index in [2.05, 4.69) is 20.0 Å². The number of piperidine rings is 1. The van der Waals surface area contributed by atoms with Crippen LogP contribution in [0, 0.1) is 25.7 Å². The lowest BCUT2D eigenvalue weighted by Gasteiger charge is -2.41. The number of nitrogens with zero attached hydrogens (tertiary/aromatic N) is 5. The van der Waals surface area contributed by atoms with Gasteiger partial charge in [0.15, 0.2) is 0 Å². The van der Waals surface area contributed by atoms with Gasteiger partial charge in [-0.25, -0.2) is 9.50 Å². The standard InChI is InChI=1S/C19H27N5O/c1-13-17(14(2)24-19(22-13)20-12-21-24)7-8-18(25)23-10-9-15-5-3-4-6-16(15)11-23/h12,15-16H,3-11H2,1-2H3/t15-,16+/m0/s1. The van der Waals surface area contributed by atoms with E-state index in [-0.39, 0.29) is 0 Å². The third-order valence-electron chi connectivity index (χ3n) is 6.22. The van der Waals surface area contributed by atoms with Gasteiger partial charge in [0.2, 0.25) is 5.91 Å². The van der Waals surface area contributed by atoms with Crippen molar-refractivity contribution in [2.45, 2.75) is 58.8 Å². The summed E-state index contributed by atoms with van der Waals surface area (Å²) in [6.07, 6.45) is 9.40. The molecule has 2 aromatic rings. The molecule has 2 fully saturated rings. The van der Waals surface area contributed by atoms with E-state index in [1.807, 2.05) is 13.8 Å². The first-order valence-electron chi connectivity index (χ1n) is 9.57. The molecule has 0 radical (unpaired) electrons. The molecule has 2 aliphatic rings. The molecule has 134 valence electrons. The maximum absolute atomic E-state index is 12.8. The van der Waals surface area contributed by atoms with Gasteiger partial charge in [0.1, 0.15) is 6.33 Å². The van der Waals surface area contributed by atoms with Gasteiger partial charge >= 0.3 is 0 Å². The summed E-state index contributed by atoms with van der Waals surface area (Å²) in [4.78, 5) is 23.5. The van der Waals surface area contributed by atoms with Crippen LogP contribution in [0.2, 0.25) is 0 Å². The Morgan fingerprint density at radius 1 is 1.20 bits per heavy atom. The Kier molecular flexibility index (Phi) is 4.44. The highest BCUT2D eigenvalue weighted by molar-refractivity contribution is 5.76. The topological polar surface area (TPSA) is 63.4 Å². The SMILES string of the molecule is Cc1nc2ncnn2c(C)c1CCC(=O)N1CC[C@@H]2CCCC[C@@H]2C1. The summed E-state index contributed by atoms with van der Waals surface area (Å²) in [5, 5.41) is 4.23. The van der Waals surface area contributed by atoms with Crippen molar-refractivity contribution in [3.05, 3.63) is 23.3 Å². The molecule has 4 rings (SSSR count). The van der Waals surface area contributed by atoms with Crippen LogP contribution in [0.5, 0.6) is 0 Å². The monoisotopic (exact) mass is 341 g/mol. The number of aryl methyl sites for hydroxylation is 2. The van der Waals surface area contributed by atoms with Gasteiger partial charge in [0, 0.05) is 30.9 Å². The molecule has 1 amide bonds. The number of carbonyl (C=O) groups excluding carboxylic acids is 1. The molecule has 0 bridgehead atoms. The zero-order valence-electron chi connectivity index (χ0n) is 15.2. The molecule has 1 saturated carbocycles. The van der Waals surface area contributed by atoms with Crippen LogP contribution < -0.4 is 0 Å². The van der Waals surface area contributed by atoms with Crippen molar-refractivity contribution in [3.63, 3.8) is 0 Å². The Morgan fingerprint density at radius 2 is 2.00 bits per heavy atom. The number of carbonyl (C=O) groups is 1. The van der Waals surface area contributed by atoms with Gasteiger partial charge in [-0.1, -0.05) is 19.3 Å². The van der Waals surface area contributed by atoms with Crippen molar-refractivity contribution >= 4 is 11.7 Å². The minimum atomic E-state index is 0.293. The average Bonchev–Trinajstić information content (AvgIpc) is 3.09. The number of fused-ring (bicyclic) bond motifs is 2. The lowest BCUT2D eigenvalue weighted by molar-refractivity contribution is -0.134. The number of rotatable bonds is 3. The van der Waals surface area contributed by atoms with Crippen molar-refractivity contribution in [2.75, 3.05) is 13.1 Å². The minimum Gasteiger partial charge on any atom is -0.342 e. The molecular formula is C19H27N5O. The zero-order chi connectivity index (χ0) is 17.4. The van der Waals surface area contributed by atoms with Crippen LogP contribution >= 0.6 is 0 Å². The summed E-state index contributed by atoms with van der Waals surface area (Å²) in [6.45, 7) is 5.94. The van der Waals surface area contributed by atoms with E-state index in [0.29, 0.717) is 18.1 Å². The molecule has 1 aliphatic heterocycles. The first kappa shape index (κ1) is 16.5. The Labute approximate surface area is 148 Å². The van der Waals surface area contributed by atoms with Gasteiger partial charge in [-0.3, -0.25) is 4.79 Å². The molecule has 25 heavy (non-hydrogen) atoms. The van der Waals surface area contributed by atoms with Crippen LogP contribution in [-0.4, -0.2) is 43.5 Å². The van der Waals surface area contributed by atoms with Gasteiger partial charge in [-0.2, -0.15) is 10.1 Å². The van der Waals surface area contributed by atoms with E-state index in [4.69, 9.17) is 0 Å². The zero-order valence-corrected chi connectivity index (χ0v) is 15.2. The molecule has 0 aromatic carbocycles. The van der Waals surface area contributed by atoms with Gasteiger partial charge < -0.3 is 4.90 Å². The van der Waals surface area contributed by atoms with Crippen LogP contribution in [0.15, 0.2) is 6.33 Å². The van der Waals surface area contributed by atoms with E-state index in [9.17, 15) is 4.79 Å². The Balaban J connectivity index is 1.42. The van der Waals surface area contributed by atoms with Crippen molar-refractivity contribution in [1.29, 1.82) is 0 Å². The number of aromatic nitrogens is 4. The highest BCUT2D eigenvalue weighted by atomic mass is 16.2. The summed E-state index contributed by atoms with van der Waals surface area (Å²) >= 11 is 0. The second-order valence-electron chi connectivity index (χ2n) is 7.67. The van der Waals surface area contributed by atoms with Crippen LogP contribution in [0.1, 0.15) is 55.5 Å². The molecule has 1 saturated heterocycles. The van der Waals surface area contributed by atoms with Crippen LogP contribution in [0.25, 0.3) is 5.78 Å². The fourth-order valence-electron chi connectivity index (χ4n) is 4.73. The molecule has 2 atom stereocenters. The van der Waals surface area contributed by atoms with Gasteiger partial charge in [-0.15, -0.1) is 0 Å². The molecule has 0 N–H and O–H groups in total. The van der Waals surface area contributed by atoms with Crippen molar-refractivity contribution < 1.29 is 4.79 Å². The predicted octanol–water partition coefficient (Wildman–Crippen LogP) is 2.71. The van der Waals surface area contributed by atoms with Gasteiger partial charge in [0.05, 0.1) is 0 Å². The Hall–Kier alpha value is -1.98. The molecule has 0 spiro atoms. The third kappa shape index (κ3) is 3.14. The normalized spacial score (nSPS) is 23.7. The first-order chi connectivity index (χ1) is 12.1. The largest absolute Gasteiger partial charge is 0.342 e. The number of hydrogen-bond donors (Lipinski definition) is 0. The van der Waals surface area contributed by atoms with E-state index in [1.54, 1.807) is 4.52 Å². The Bertz CT molecular complexity index is 783. The quantitative estimate of drug-likeness (QED) is 0.861. The molecular weight excluding hydrogens is 314 g/mol. The van der Waals surface area contributed by atoms with Crippen LogP contribution in [0.3, 0.4) is 0 Å². The summed E-state index contributed by atoms with van der Waals surface area (Å²) in [5.74, 6) is 2.52. The summed E-state index contributed by atoms with van der Waals surface area (Å²) in [7, 11) is 0. The molecule has 6 heteroatoms. The van der Waals surface area contributed by atoms with Crippen molar-refractivity contribution in [1.82, 2.24) is 24.5 Å². The van der Waals surface area contributed by atoms with Gasteiger partial charge in [0.25, 0.3) is 5.78 Å². The van der Waals surface area contributed by atoms with E-state index >= 15 is 0 Å². The van der Waals surface area contributed by atoms with Crippen molar-refractivity contribution in [2.24, 2.45) is 11.8 Å². The lowest BCUT2D eigenvalue weighted by Crippen LogP contribution is -2.44. The predicted molar refractivity (Wildman–Crippen MR) is 95.2 cm³/mol.